The van der Waals surface area contributed by atoms with Gasteiger partial charge in [0.2, 0.25) is 5.82 Å². The predicted octanol–water partition coefficient (Wildman–Crippen LogP) is 5.29. The Morgan fingerprint density at radius 1 is 1.31 bits per heavy atom. The summed E-state index contributed by atoms with van der Waals surface area (Å²) in [5.41, 5.74) is 1.98. The van der Waals surface area contributed by atoms with Gasteiger partial charge in [0, 0.05) is 21.2 Å². The predicted molar refractivity (Wildman–Crippen MR) is 98.2 cm³/mol. The van der Waals surface area contributed by atoms with Gasteiger partial charge in [-0.05, 0) is 38.1 Å². The summed E-state index contributed by atoms with van der Waals surface area (Å²) in [4.78, 5) is 4.35. The molecule has 0 aliphatic rings. The monoisotopic (exact) mass is 415 g/mol. The second-order valence-electron chi connectivity index (χ2n) is 5.81. The summed E-state index contributed by atoms with van der Waals surface area (Å²) < 4.78 is 24.9. The van der Waals surface area contributed by atoms with Crippen molar-refractivity contribution in [3.63, 3.8) is 0 Å². The van der Waals surface area contributed by atoms with Gasteiger partial charge in [-0.3, -0.25) is 0 Å². The summed E-state index contributed by atoms with van der Waals surface area (Å²) >= 11 is 3.33. The zero-order valence-corrected chi connectivity index (χ0v) is 15.7. The van der Waals surface area contributed by atoms with Gasteiger partial charge in [-0.15, -0.1) is 0 Å². The van der Waals surface area contributed by atoms with Crippen LogP contribution in [0.2, 0.25) is 0 Å². The number of nitriles is 1. The minimum absolute atomic E-state index is 0.0430. The van der Waals surface area contributed by atoms with Gasteiger partial charge in [0.15, 0.2) is 0 Å². The van der Waals surface area contributed by atoms with Crippen LogP contribution >= 0.6 is 15.9 Å². The summed E-state index contributed by atoms with van der Waals surface area (Å²) in [5, 5.41) is 13.3. The lowest BCUT2D eigenvalue weighted by Crippen LogP contribution is -2.06. The smallest absolute Gasteiger partial charge is 0.258 e. The van der Waals surface area contributed by atoms with Crippen LogP contribution in [0.3, 0.4) is 0 Å². The van der Waals surface area contributed by atoms with E-state index in [1.54, 1.807) is 36.4 Å². The lowest BCUT2D eigenvalue weighted by Gasteiger charge is -2.11. The van der Waals surface area contributed by atoms with E-state index in [9.17, 15) is 9.65 Å². The minimum atomic E-state index is -0.652. The average molecular weight is 416 g/mol. The van der Waals surface area contributed by atoms with Crippen LogP contribution in [0.5, 0.6) is 5.75 Å². The van der Waals surface area contributed by atoms with E-state index in [1.165, 1.54) is 0 Å². The van der Waals surface area contributed by atoms with E-state index in [0.29, 0.717) is 32.5 Å². The number of aromatic nitrogens is 2. The van der Waals surface area contributed by atoms with Crippen molar-refractivity contribution in [2.24, 2.45) is 0 Å². The molecule has 0 aliphatic heterocycles. The molecule has 0 aliphatic carbocycles. The Morgan fingerprint density at radius 2 is 2.12 bits per heavy atom. The van der Waals surface area contributed by atoms with Crippen LogP contribution in [-0.4, -0.2) is 16.2 Å². The second-order valence-corrected chi connectivity index (χ2v) is 6.67. The van der Waals surface area contributed by atoms with Gasteiger partial charge in [-0.25, -0.2) is 4.39 Å². The van der Waals surface area contributed by atoms with Crippen LogP contribution in [0.15, 0.2) is 45.4 Å². The van der Waals surface area contributed by atoms with E-state index in [4.69, 9.17) is 9.26 Å². The molecule has 3 rings (SSSR count). The van der Waals surface area contributed by atoms with Crippen molar-refractivity contribution in [1.29, 1.82) is 5.26 Å². The molecule has 5 nitrogen and oxygen atoms in total. The highest BCUT2D eigenvalue weighted by Crippen LogP contribution is 2.31. The van der Waals surface area contributed by atoms with Gasteiger partial charge >= 0.3 is 0 Å². The quantitative estimate of drug-likeness (QED) is 0.565. The maximum Gasteiger partial charge on any atom is 0.258 e. The molecule has 0 spiro atoms. The summed E-state index contributed by atoms with van der Waals surface area (Å²) in [5.74, 6) is 1.03. The molecule has 0 fully saturated rings. The fourth-order valence-corrected chi connectivity index (χ4v) is 2.93. The van der Waals surface area contributed by atoms with E-state index in [2.05, 4.69) is 32.1 Å². The average Bonchev–Trinajstić information content (AvgIpc) is 3.11. The molecular formula is C19H15BrFN3O2. The molecule has 0 atom stereocenters. The maximum atomic E-state index is 13.3. The zero-order valence-electron chi connectivity index (χ0n) is 14.2. The number of hydrogen-bond donors (Lipinski definition) is 0. The van der Waals surface area contributed by atoms with Crippen molar-refractivity contribution in [2.75, 3.05) is 0 Å². The zero-order chi connectivity index (χ0) is 18.7. The molecule has 1 heterocycles. The van der Waals surface area contributed by atoms with Crippen LogP contribution in [0.1, 0.15) is 25.0 Å². The lowest BCUT2D eigenvalue weighted by molar-refractivity contribution is 0.242. The Hall–Kier alpha value is -2.72. The molecule has 0 amide bonds. The third-order valence-corrected chi connectivity index (χ3v) is 4.37. The number of benzene rings is 2. The summed E-state index contributed by atoms with van der Waals surface area (Å²) in [6, 6.07) is 12.4. The molecule has 132 valence electrons. The Balaban J connectivity index is 1.99. The Kier molecular flexibility index (Phi) is 5.33. The van der Waals surface area contributed by atoms with Gasteiger partial charge in [0.25, 0.3) is 5.89 Å². The standard InChI is InChI=1S/C19H15BrFN3O2/c1-11(2)25-17-7-6-12(8-13(17)10-22)19-23-18(24-26-19)14-4-3-5-16(20)15(14)9-21/h3-8,11H,9H2,1-2H3. The molecule has 0 bridgehead atoms. The third kappa shape index (κ3) is 3.60. The molecule has 1 aromatic heterocycles. The minimum Gasteiger partial charge on any atom is -0.490 e. The van der Waals surface area contributed by atoms with Crippen molar-refractivity contribution < 1.29 is 13.7 Å². The highest BCUT2D eigenvalue weighted by molar-refractivity contribution is 9.10. The summed E-state index contributed by atoms with van der Waals surface area (Å²) in [6.07, 6.45) is -0.0430. The van der Waals surface area contributed by atoms with E-state index in [0.717, 1.165) is 0 Å². The topological polar surface area (TPSA) is 71.9 Å². The van der Waals surface area contributed by atoms with Gasteiger partial charge in [0.05, 0.1) is 11.7 Å². The van der Waals surface area contributed by atoms with Gasteiger partial charge in [-0.2, -0.15) is 10.2 Å². The summed E-state index contributed by atoms with van der Waals surface area (Å²) in [7, 11) is 0. The SMILES string of the molecule is CC(C)Oc1ccc(-c2nc(-c3cccc(Br)c3CF)no2)cc1C#N. The molecule has 0 saturated carbocycles. The molecule has 2 aromatic carbocycles. The van der Waals surface area contributed by atoms with Crippen LogP contribution in [-0.2, 0) is 6.67 Å². The van der Waals surface area contributed by atoms with Crippen LogP contribution < -0.4 is 4.74 Å². The number of rotatable bonds is 5. The highest BCUT2D eigenvalue weighted by Gasteiger charge is 2.17. The van der Waals surface area contributed by atoms with Gasteiger partial charge < -0.3 is 9.26 Å². The number of nitrogens with zero attached hydrogens (tertiary/aromatic N) is 3. The Labute approximate surface area is 158 Å². The van der Waals surface area contributed by atoms with Gasteiger partial charge in [0.1, 0.15) is 18.5 Å². The molecule has 0 unspecified atom stereocenters. The largest absolute Gasteiger partial charge is 0.490 e. The van der Waals surface area contributed by atoms with Gasteiger partial charge in [-0.1, -0.05) is 33.2 Å². The first-order chi connectivity index (χ1) is 12.5. The number of ether oxygens (including phenoxy) is 1. The first kappa shape index (κ1) is 18.1. The Bertz CT molecular complexity index is 979. The normalized spacial score (nSPS) is 10.8. The van der Waals surface area contributed by atoms with Crippen LogP contribution in [0, 0.1) is 11.3 Å². The fourth-order valence-electron chi connectivity index (χ4n) is 2.46. The number of halogens is 2. The molecule has 3 aromatic rings. The third-order valence-electron chi connectivity index (χ3n) is 3.63. The maximum absolute atomic E-state index is 13.3. The fraction of sp³-hybridized carbons (Fsp3) is 0.211. The number of alkyl halides is 1. The van der Waals surface area contributed by atoms with Crippen LogP contribution in [0.25, 0.3) is 22.8 Å². The second kappa shape index (κ2) is 7.67. The molecule has 0 N–H and O–H groups in total. The Morgan fingerprint density at radius 3 is 2.81 bits per heavy atom. The first-order valence-electron chi connectivity index (χ1n) is 7.92. The van der Waals surface area contributed by atoms with E-state index in [-0.39, 0.29) is 17.8 Å². The van der Waals surface area contributed by atoms with E-state index >= 15 is 0 Å². The lowest BCUT2D eigenvalue weighted by atomic mass is 10.1. The molecule has 0 saturated heterocycles. The first-order valence-corrected chi connectivity index (χ1v) is 8.71. The molecular weight excluding hydrogens is 401 g/mol. The van der Waals surface area contributed by atoms with Crippen molar-refractivity contribution in [1.82, 2.24) is 10.1 Å². The van der Waals surface area contributed by atoms with Crippen molar-refractivity contribution >= 4 is 15.9 Å². The molecule has 26 heavy (non-hydrogen) atoms. The van der Waals surface area contributed by atoms with Crippen molar-refractivity contribution in [3.8, 4) is 34.7 Å². The van der Waals surface area contributed by atoms with Crippen molar-refractivity contribution in [2.45, 2.75) is 26.6 Å². The van der Waals surface area contributed by atoms with E-state index < -0.39 is 6.67 Å². The van der Waals surface area contributed by atoms with E-state index in [1.807, 2.05) is 13.8 Å². The molecule has 0 radical (unpaired) electrons. The molecule has 7 heteroatoms. The van der Waals surface area contributed by atoms with Crippen LogP contribution in [0.4, 0.5) is 4.39 Å². The summed E-state index contributed by atoms with van der Waals surface area (Å²) in [6.45, 7) is 3.13. The number of hydrogen-bond acceptors (Lipinski definition) is 5. The van der Waals surface area contributed by atoms with Crippen molar-refractivity contribution in [3.05, 3.63) is 52.0 Å². The highest BCUT2D eigenvalue weighted by atomic mass is 79.9.